The van der Waals surface area contributed by atoms with Crippen LogP contribution in [-0.4, -0.2) is 43.1 Å². The van der Waals surface area contributed by atoms with Gasteiger partial charge in [0.25, 0.3) is 0 Å². The first kappa shape index (κ1) is 62.8. The molecular weight excluding hydrogens is 1120 g/mol. The van der Waals surface area contributed by atoms with Crippen LogP contribution in [0.4, 0.5) is 0 Å². The second kappa shape index (κ2) is 32.1. The molecule has 0 radical (unpaired) electrons. The van der Waals surface area contributed by atoms with Gasteiger partial charge < -0.3 is 9.47 Å². The number of benzene rings is 5. The van der Waals surface area contributed by atoms with Crippen LogP contribution in [0, 0.1) is 35.5 Å². The van der Waals surface area contributed by atoms with Crippen molar-refractivity contribution < 1.29 is 9.47 Å². The topological polar surface area (TPSA) is 95.8 Å². The highest BCUT2D eigenvalue weighted by Crippen LogP contribution is 2.34. The second-order valence-corrected chi connectivity index (χ2v) is 23.1. The van der Waals surface area contributed by atoms with Crippen LogP contribution in [0.5, 0.6) is 11.5 Å². The maximum atomic E-state index is 6.79. The van der Waals surface area contributed by atoms with E-state index < -0.39 is 0 Å². The minimum Gasteiger partial charge on any atom is -0.492 e. The molecule has 0 amide bonds. The van der Waals surface area contributed by atoms with Crippen molar-refractivity contribution in [2.75, 3.05) is 13.2 Å². The molecule has 6 heterocycles. The van der Waals surface area contributed by atoms with Gasteiger partial charge in [0.05, 0.1) is 69.9 Å². The van der Waals surface area contributed by atoms with E-state index in [2.05, 4.69) is 229 Å². The van der Waals surface area contributed by atoms with E-state index in [-0.39, 0.29) is 0 Å². The van der Waals surface area contributed by atoms with E-state index in [4.69, 9.17) is 19.4 Å². The molecule has 11 rings (SSSR count). The zero-order valence-electron chi connectivity index (χ0n) is 53.0. The van der Waals surface area contributed by atoms with Crippen LogP contribution in [0.3, 0.4) is 0 Å². The van der Waals surface area contributed by atoms with Crippen LogP contribution in [0.2, 0.25) is 0 Å². The molecular formula is C84H76N6O2. The van der Waals surface area contributed by atoms with E-state index in [1.165, 1.54) is 12.8 Å². The largest absolute Gasteiger partial charge is 0.492 e. The van der Waals surface area contributed by atoms with Gasteiger partial charge in [0.2, 0.25) is 0 Å². The Morgan fingerprint density at radius 1 is 0.337 bits per heavy atom. The Hall–Kier alpha value is -10.8. The summed E-state index contributed by atoms with van der Waals surface area (Å²) < 4.78 is 13.6. The maximum Gasteiger partial charge on any atom is 0.136 e. The third-order valence-corrected chi connectivity index (χ3v) is 16.4. The van der Waals surface area contributed by atoms with Gasteiger partial charge in [-0.2, -0.15) is 0 Å². The second-order valence-electron chi connectivity index (χ2n) is 23.1. The van der Waals surface area contributed by atoms with Crippen LogP contribution in [0.25, 0.3) is 92.1 Å². The molecule has 0 fully saturated rings. The number of hydrogen-bond acceptors (Lipinski definition) is 8. The molecule has 6 aromatic heterocycles. The number of aromatic nitrogens is 6. The summed E-state index contributed by atoms with van der Waals surface area (Å²) in [6, 6.07) is 69.9. The molecule has 92 heavy (non-hydrogen) atoms. The van der Waals surface area contributed by atoms with E-state index in [9.17, 15) is 0 Å². The zero-order chi connectivity index (χ0) is 63.1. The van der Waals surface area contributed by atoms with Crippen molar-refractivity contribution in [1.29, 1.82) is 0 Å². The molecule has 0 spiro atoms. The van der Waals surface area contributed by atoms with Gasteiger partial charge in [-0.15, -0.1) is 0 Å². The maximum absolute atomic E-state index is 6.79. The Morgan fingerprint density at radius 2 is 0.652 bits per heavy atom. The predicted molar refractivity (Wildman–Crippen MR) is 379 cm³/mol. The Kier molecular flexibility index (Phi) is 21.9. The van der Waals surface area contributed by atoms with Crippen molar-refractivity contribution in [2.24, 2.45) is 11.8 Å². The first-order valence-corrected chi connectivity index (χ1v) is 32.3. The van der Waals surface area contributed by atoms with Crippen LogP contribution >= 0.6 is 0 Å². The SMILES string of the molecule is CCCCC(CC)COc1cc(C#Cc2ccc(/C=C/c3ccc(-c4cc(-c5ccccn5)nc(-c5ccccn5)c4)cc3)cc2)c(OCC(CC)CCCC)cc1C#Cc1ccc(/C=C/c2ccc(-c3cc(-c4ccccn4)nc(-c4ccccn4)c3)cc2)cc1. The third kappa shape index (κ3) is 17.3. The lowest BCUT2D eigenvalue weighted by atomic mass is 10.00. The highest BCUT2D eigenvalue weighted by atomic mass is 16.5. The fraction of sp³-hybridized carbons (Fsp3) is 0.190. The molecule has 0 aliphatic carbocycles. The predicted octanol–water partition coefficient (Wildman–Crippen LogP) is 20.4. The number of nitrogens with zero attached hydrogens (tertiary/aromatic N) is 6. The van der Waals surface area contributed by atoms with Crippen molar-refractivity contribution in [3.63, 3.8) is 0 Å². The first-order chi connectivity index (χ1) is 45.4. The highest BCUT2D eigenvalue weighted by Gasteiger charge is 2.17. The molecule has 8 nitrogen and oxygen atoms in total. The van der Waals surface area contributed by atoms with Crippen LogP contribution in [0.15, 0.2) is 231 Å². The monoisotopic (exact) mass is 1200 g/mol. The molecule has 0 N–H and O–H groups in total. The molecule has 0 saturated carbocycles. The van der Waals surface area contributed by atoms with Gasteiger partial charge in [-0.1, -0.05) is 211 Å². The molecule has 0 saturated heterocycles. The molecule has 0 aliphatic rings. The lowest BCUT2D eigenvalue weighted by Crippen LogP contribution is -2.13. The van der Waals surface area contributed by atoms with Crippen molar-refractivity contribution in [3.05, 3.63) is 276 Å². The highest BCUT2D eigenvalue weighted by molar-refractivity contribution is 5.79. The van der Waals surface area contributed by atoms with Gasteiger partial charge in [-0.3, -0.25) is 19.9 Å². The summed E-state index contributed by atoms with van der Waals surface area (Å²) in [5, 5.41) is 0. The standard InChI is InChI=1S/C84H76N6O2/c1-5-9-19-61(7-3)59-91-83-57-72(48-42-66-33-27-64(28-34-66)30-36-68-39-45-70(46-40-68)74-55-81(77-23-13-17-51-87-77)90-82(56-74)78-24-14-18-52-88-78)84(92-60-62(8-4)20-10-6-2)58-71(83)47-41-65-31-25-63(26-32-65)29-35-67-37-43-69(44-38-67)73-53-79(75-21-11-15-49-85-75)89-80(54-73)76-22-12-16-50-86-76/h11-18,21-40,43-46,49-58,61-62H,5-10,19-20,59-60H2,1-4H3/b35-29+,36-30+. The molecule has 2 atom stereocenters. The minimum atomic E-state index is 0.430. The van der Waals surface area contributed by atoms with E-state index in [1.807, 2.05) is 72.8 Å². The van der Waals surface area contributed by atoms with E-state index in [0.717, 1.165) is 162 Å². The number of unbranched alkanes of at least 4 members (excludes halogenated alkanes) is 2. The fourth-order valence-corrected chi connectivity index (χ4v) is 10.8. The first-order valence-electron chi connectivity index (χ1n) is 32.3. The molecule has 2 unspecified atom stereocenters. The molecule has 454 valence electrons. The quantitative estimate of drug-likeness (QED) is 0.0436. The lowest BCUT2D eigenvalue weighted by Gasteiger charge is -2.19. The van der Waals surface area contributed by atoms with Gasteiger partial charge in [0.1, 0.15) is 11.5 Å². The average Bonchev–Trinajstić information content (AvgIpc) is 0.950. The smallest absolute Gasteiger partial charge is 0.136 e. The summed E-state index contributed by atoms with van der Waals surface area (Å²) in [6.07, 6.45) is 24.7. The molecule has 0 aliphatic heterocycles. The molecule has 8 heteroatoms. The summed E-state index contributed by atoms with van der Waals surface area (Å²) in [4.78, 5) is 28.3. The molecule has 11 aromatic rings. The Balaban J connectivity index is 0.813. The minimum absolute atomic E-state index is 0.430. The Bertz CT molecular complexity index is 3960. The summed E-state index contributed by atoms with van der Waals surface area (Å²) in [6.45, 7) is 10.2. The van der Waals surface area contributed by atoms with Gasteiger partial charge >= 0.3 is 0 Å². The van der Waals surface area contributed by atoms with Crippen LogP contribution in [-0.2, 0) is 0 Å². The van der Waals surface area contributed by atoms with Gasteiger partial charge in [0.15, 0.2) is 0 Å². The van der Waals surface area contributed by atoms with Gasteiger partial charge in [-0.05, 0) is 166 Å². The van der Waals surface area contributed by atoms with Gasteiger partial charge in [-0.25, -0.2) is 9.97 Å². The molecule has 0 bridgehead atoms. The zero-order valence-corrected chi connectivity index (χ0v) is 53.0. The lowest BCUT2D eigenvalue weighted by molar-refractivity contribution is 0.227. The van der Waals surface area contributed by atoms with E-state index in [1.54, 1.807) is 24.8 Å². The number of pyridine rings is 6. The van der Waals surface area contributed by atoms with Crippen LogP contribution in [0.1, 0.15) is 124 Å². The van der Waals surface area contributed by atoms with Crippen LogP contribution < -0.4 is 9.47 Å². The van der Waals surface area contributed by atoms with Crippen molar-refractivity contribution in [2.45, 2.75) is 79.1 Å². The normalized spacial score (nSPS) is 11.8. The number of rotatable bonds is 24. The Morgan fingerprint density at radius 3 is 0.935 bits per heavy atom. The van der Waals surface area contributed by atoms with Crippen molar-refractivity contribution >= 4 is 24.3 Å². The third-order valence-electron chi connectivity index (χ3n) is 16.4. The average molecular weight is 1200 g/mol. The van der Waals surface area contributed by atoms with Gasteiger partial charge in [0, 0.05) is 48.0 Å². The van der Waals surface area contributed by atoms with E-state index in [0.29, 0.717) is 25.0 Å². The summed E-state index contributed by atoms with van der Waals surface area (Å²) >= 11 is 0. The summed E-state index contributed by atoms with van der Waals surface area (Å²) in [5.41, 5.74) is 18.4. The number of ether oxygens (including phenoxy) is 2. The fourth-order valence-electron chi connectivity index (χ4n) is 10.8. The Labute approximate surface area is 543 Å². The summed E-state index contributed by atoms with van der Waals surface area (Å²) in [7, 11) is 0. The van der Waals surface area contributed by atoms with E-state index >= 15 is 0 Å². The molecule has 5 aromatic carbocycles. The summed E-state index contributed by atoms with van der Waals surface area (Å²) in [5.74, 6) is 16.3. The van der Waals surface area contributed by atoms with Crippen molar-refractivity contribution in [1.82, 2.24) is 29.9 Å². The van der Waals surface area contributed by atoms with Crippen molar-refractivity contribution in [3.8, 4) is 103 Å². The number of hydrogen-bond donors (Lipinski definition) is 0.